The molecule has 1 unspecified atom stereocenters. The maximum atomic E-state index is 12.9. The summed E-state index contributed by atoms with van der Waals surface area (Å²) in [5, 5.41) is 0. The summed E-state index contributed by atoms with van der Waals surface area (Å²) in [6.07, 6.45) is 1.06. The highest BCUT2D eigenvalue weighted by Gasteiger charge is 2.52. The van der Waals surface area contributed by atoms with E-state index in [1.807, 2.05) is 27.7 Å². The third-order valence-corrected chi connectivity index (χ3v) is 6.01. The number of carbonyl (C=O) groups is 3. The molecule has 2 saturated heterocycles. The van der Waals surface area contributed by atoms with Crippen molar-refractivity contribution in [1.29, 1.82) is 0 Å². The molecule has 2 heterocycles. The summed E-state index contributed by atoms with van der Waals surface area (Å²) in [6.45, 7) is 10.3. The number of likely N-dealkylation sites (tertiary alicyclic amines) is 1. The molecule has 0 bridgehead atoms. The Hall–Kier alpha value is -1.83. The van der Waals surface area contributed by atoms with Crippen molar-refractivity contribution in [3.8, 4) is 0 Å². The fourth-order valence-corrected chi connectivity index (χ4v) is 4.54. The van der Waals surface area contributed by atoms with Crippen LogP contribution in [0.15, 0.2) is 0 Å². The van der Waals surface area contributed by atoms with Crippen LogP contribution in [0.3, 0.4) is 0 Å². The molecule has 2 fully saturated rings. The van der Waals surface area contributed by atoms with Crippen LogP contribution in [0.25, 0.3) is 0 Å². The lowest BCUT2D eigenvalue weighted by Crippen LogP contribution is -2.57. The van der Waals surface area contributed by atoms with Gasteiger partial charge in [0.2, 0.25) is 5.91 Å². The average Bonchev–Trinajstić information content (AvgIpc) is 2.84. The molecule has 3 amide bonds. The van der Waals surface area contributed by atoms with Crippen LogP contribution in [0.5, 0.6) is 0 Å². The molecule has 0 aliphatic carbocycles. The SMILES string of the molecule is COC(=O)[C@H](C(C)C)N(C)C(=O)N1CCC2(CC1)OC(C)N(C(C)=O)[C@H]2C. The zero-order valence-electron chi connectivity index (χ0n) is 17.5. The van der Waals surface area contributed by atoms with E-state index in [1.165, 1.54) is 12.0 Å². The topological polar surface area (TPSA) is 79.4 Å². The molecule has 3 atom stereocenters. The van der Waals surface area contributed by atoms with Gasteiger partial charge in [0.05, 0.1) is 18.8 Å². The smallest absolute Gasteiger partial charge is 0.328 e. The average molecular weight is 383 g/mol. The summed E-state index contributed by atoms with van der Waals surface area (Å²) in [7, 11) is 2.98. The Morgan fingerprint density at radius 2 is 1.74 bits per heavy atom. The highest BCUT2D eigenvalue weighted by atomic mass is 16.5. The lowest BCUT2D eigenvalue weighted by Gasteiger charge is -2.43. The molecule has 2 aliphatic heterocycles. The predicted molar refractivity (Wildman–Crippen MR) is 99.9 cm³/mol. The number of carbonyl (C=O) groups excluding carboxylic acids is 3. The molecule has 2 aliphatic rings. The lowest BCUT2D eigenvalue weighted by atomic mass is 9.85. The van der Waals surface area contributed by atoms with Crippen LogP contribution in [-0.2, 0) is 19.1 Å². The van der Waals surface area contributed by atoms with Crippen LogP contribution in [-0.4, -0.2) is 83.8 Å². The Bertz CT molecular complexity index is 586. The Kier molecular flexibility index (Phi) is 6.39. The first kappa shape index (κ1) is 21.5. The monoisotopic (exact) mass is 383 g/mol. The van der Waals surface area contributed by atoms with Crippen LogP contribution in [0.1, 0.15) is 47.5 Å². The van der Waals surface area contributed by atoms with Gasteiger partial charge in [-0.05, 0) is 32.6 Å². The number of nitrogens with zero attached hydrogens (tertiary/aromatic N) is 3. The second kappa shape index (κ2) is 8.04. The van der Waals surface area contributed by atoms with Gasteiger partial charge in [0.15, 0.2) is 0 Å². The second-order valence-corrected chi connectivity index (χ2v) is 7.98. The fourth-order valence-electron chi connectivity index (χ4n) is 4.54. The van der Waals surface area contributed by atoms with Gasteiger partial charge >= 0.3 is 12.0 Å². The highest BCUT2D eigenvalue weighted by molar-refractivity contribution is 5.83. The molecule has 27 heavy (non-hydrogen) atoms. The van der Waals surface area contributed by atoms with Gasteiger partial charge in [-0.15, -0.1) is 0 Å². The number of methoxy groups -OCH3 is 1. The molecule has 0 aromatic rings. The van der Waals surface area contributed by atoms with Crippen LogP contribution >= 0.6 is 0 Å². The molecule has 8 nitrogen and oxygen atoms in total. The van der Waals surface area contributed by atoms with Crippen molar-refractivity contribution < 1.29 is 23.9 Å². The molecule has 0 saturated carbocycles. The highest BCUT2D eigenvalue weighted by Crippen LogP contribution is 2.40. The molecule has 0 N–H and O–H groups in total. The number of amides is 3. The van der Waals surface area contributed by atoms with E-state index in [4.69, 9.17) is 9.47 Å². The summed E-state index contributed by atoms with van der Waals surface area (Å²) >= 11 is 0. The maximum Gasteiger partial charge on any atom is 0.328 e. The van der Waals surface area contributed by atoms with Crippen molar-refractivity contribution in [2.24, 2.45) is 5.92 Å². The normalized spacial score (nSPS) is 25.6. The quantitative estimate of drug-likeness (QED) is 0.693. The van der Waals surface area contributed by atoms with E-state index in [1.54, 1.807) is 23.8 Å². The third kappa shape index (κ3) is 3.90. The fraction of sp³-hybridized carbons (Fsp3) is 0.842. The first-order valence-corrected chi connectivity index (χ1v) is 9.62. The van der Waals surface area contributed by atoms with Gasteiger partial charge in [-0.2, -0.15) is 0 Å². The number of hydrogen-bond acceptors (Lipinski definition) is 5. The minimum absolute atomic E-state index is 0.00275. The maximum absolute atomic E-state index is 12.9. The van der Waals surface area contributed by atoms with E-state index in [9.17, 15) is 14.4 Å². The number of piperidine rings is 1. The Labute approximate surface area is 161 Å². The van der Waals surface area contributed by atoms with E-state index in [2.05, 4.69) is 0 Å². The molecule has 0 aromatic heterocycles. The molecule has 8 heteroatoms. The first-order chi connectivity index (χ1) is 12.6. The van der Waals surface area contributed by atoms with Gasteiger partial charge < -0.3 is 24.2 Å². The Balaban J connectivity index is 2.06. The summed E-state index contributed by atoms with van der Waals surface area (Å²) < 4.78 is 11.0. The van der Waals surface area contributed by atoms with Crippen molar-refractivity contribution in [2.75, 3.05) is 27.2 Å². The number of ether oxygens (including phenoxy) is 2. The summed E-state index contributed by atoms with van der Waals surface area (Å²) in [5.74, 6) is -0.457. The molecular formula is C19H33N3O5. The zero-order chi connectivity index (χ0) is 20.5. The summed E-state index contributed by atoms with van der Waals surface area (Å²) in [6, 6.07) is -0.831. The van der Waals surface area contributed by atoms with Gasteiger partial charge in [-0.1, -0.05) is 13.8 Å². The molecule has 154 valence electrons. The molecular weight excluding hydrogens is 350 g/mol. The van der Waals surface area contributed by atoms with E-state index in [0.717, 1.165) is 0 Å². The minimum atomic E-state index is -0.617. The Morgan fingerprint density at radius 3 is 2.15 bits per heavy atom. The molecule has 0 aromatic carbocycles. The van der Waals surface area contributed by atoms with Gasteiger partial charge in [0, 0.05) is 27.1 Å². The van der Waals surface area contributed by atoms with E-state index < -0.39 is 17.6 Å². The molecule has 2 rings (SSSR count). The van der Waals surface area contributed by atoms with Crippen LogP contribution in [0.4, 0.5) is 4.79 Å². The Morgan fingerprint density at radius 1 is 1.19 bits per heavy atom. The van der Waals surface area contributed by atoms with Crippen molar-refractivity contribution in [3.05, 3.63) is 0 Å². The zero-order valence-corrected chi connectivity index (χ0v) is 17.5. The minimum Gasteiger partial charge on any atom is -0.467 e. The number of likely N-dealkylation sites (N-methyl/N-ethyl adjacent to an activating group) is 1. The van der Waals surface area contributed by atoms with Crippen molar-refractivity contribution in [1.82, 2.24) is 14.7 Å². The van der Waals surface area contributed by atoms with Crippen molar-refractivity contribution in [2.45, 2.75) is 71.4 Å². The largest absolute Gasteiger partial charge is 0.467 e. The van der Waals surface area contributed by atoms with E-state index in [0.29, 0.717) is 25.9 Å². The molecule has 0 radical (unpaired) electrons. The second-order valence-electron chi connectivity index (χ2n) is 7.98. The van der Waals surface area contributed by atoms with E-state index >= 15 is 0 Å². The third-order valence-electron chi connectivity index (χ3n) is 6.01. The number of hydrogen-bond donors (Lipinski definition) is 0. The van der Waals surface area contributed by atoms with Crippen LogP contribution in [0, 0.1) is 5.92 Å². The lowest BCUT2D eigenvalue weighted by molar-refractivity contribution is -0.147. The molecule has 1 spiro atoms. The van der Waals surface area contributed by atoms with Crippen LogP contribution < -0.4 is 0 Å². The number of rotatable bonds is 3. The van der Waals surface area contributed by atoms with Crippen molar-refractivity contribution >= 4 is 17.9 Å². The first-order valence-electron chi connectivity index (χ1n) is 9.62. The summed E-state index contributed by atoms with van der Waals surface area (Å²) in [5.41, 5.74) is -0.416. The van der Waals surface area contributed by atoms with Gasteiger partial charge in [-0.25, -0.2) is 9.59 Å². The van der Waals surface area contributed by atoms with E-state index in [-0.39, 0.29) is 30.1 Å². The van der Waals surface area contributed by atoms with Crippen molar-refractivity contribution in [3.63, 3.8) is 0 Å². The van der Waals surface area contributed by atoms with Crippen LogP contribution in [0.2, 0.25) is 0 Å². The van der Waals surface area contributed by atoms with Gasteiger partial charge in [-0.3, -0.25) is 4.79 Å². The predicted octanol–water partition coefficient (Wildman–Crippen LogP) is 1.68. The number of urea groups is 1. The number of esters is 1. The van der Waals surface area contributed by atoms with Gasteiger partial charge in [0.25, 0.3) is 0 Å². The van der Waals surface area contributed by atoms with Gasteiger partial charge in [0.1, 0.15) is 12.3 Å². The standard InChI is InChI=1S/C19H33N3O5/c1-12(2)16(17(24)26-7)20(6)18(25)21-10-8-19(9-11-21)13(3)22(14(4)23)15(5)27-19/h12-13,15-16H,8-11H2,1-7H3/t13-,15?,16-/m0/s1. The summed E-state index contributed by atoms with van der Waals surface area (Å²) in [4.78, 5) is 41.9.